The third kappa shape index (κ3) is 15.4. The largest absolute Gasteiger partial charge is 0.455 e. The fraction of sp³-hybridized carbons (Fsp3) is 0.102. The zero-order chi connectivity index (χ0) is 103. The first-order valence-corrected chi connectivity index (χ1v) is 47.0. The molecule has 0 spiro atoms. The molecule has 15 aromatic carbocycles. The second-order valence-electron chi connectivity index (χ2n) is 36.6. The van der Waals surface area contributed by atoms with Crippen LogP contribution in [0.2, 0.25) is 0 Å². The fourth-order valence-corrected chi connectivity index (χ4v) is 20.5. The van der Waals surface area contributed by atoms with E-state index in [1.165, 1.54) is 71.7 Å². The Bertz CT molecular complexity index is 9900. The molecular formula is C128H102N7O5+5. The van der Waals surface area contributed by atoms with Crippen molar-refractivity contribution in [2.24, 2.45) is 35.2 Å². The average molecular weight is 1830 g/mol. The van der Waals surface area contributed by atoms with Gasteiger partial charge in [-0.3, -0.25) is 9.97 Å². The highest BCUT2D eigenvalue weighted by atomic mass is 16.3. The molecule has 0 bridgehead atoms. The van der Waals surface area contributed by atoms with Crippen LogP contribution in [0.5, 0.6) is 0 Å². The molecule has 0 saturated heterocycles. The lowest BCUT2D eigenvalue weighted by atomic mass is 9.96. The van der Waals surface area contributed by atoms with Gasteiger partial charge in [-0.15, -0.1) is 0 Å². The summed E-state index contributed by atoms with van der Waals surface area (Å²) in [6.45, 7) is 3.54. The molecule has 0 atom stereocenters. The van der Waals surface area contributed by atoms with Crippen LogP contribution in [-0.2, 0) is 35.2 Å². The van der Waals surface area contributed by atoms with E-state index in [1.54, 1.807) is 47.3 Å². The van der Waals surface area contributed by atoms with Crippen molar-refractivity contribution in [3.63, 3.8) is 0 Å². The number of fused-ring (bicyclic) bond motifs is 24. The number of rotatable bonds is 7. The molecule has 12 heteroatoms. The van der Waals surface area contributed by atoms with Gasteiger partial charge in [0.25, 0.3) is 0 Å². The summed E-state index contributed by atoms with van der Waals surface area (Å²) in [4.78, 5) is 9.04. The Hall–Kier alpha value is -17.4. The lowest BCUT2D eigenvalue weighted by Crippen LogP contribution is -2.31. The molecule has 0 saturated carbocycles. The zero-order valence-corrected chi connectivity index (χ0v) is 79.0. The highest BCUT2D eigenvalue weighted by molar-refractivity contribution is 6.21. The van der Waals surface area contributed by atoms with Crippen molar-refractivity contribution < 1.29 is 57.3 Å². The van der Waals surface area contributed by atoms with E-state index in [0.29, 0.717) is 22.1 Å². The molecule has 0 aliphatic heterocycles. The average Bonchev–Trinajstić information content (AvgIpc) is 0.983. The predicted octanol–water partition coefficient (Wildman–Crippen LogP) is 30.7. The molecule has 0 N–H and O–H groups in total. The molecule has 27 aromatic rings. The van der Waals surface area contributed by atoms with E-state index in [9.17, 15) is 0 Å². The Balaban J connectivity index is 0.000000103. The maximum Gasteiger partial charge on any atom is 0.224 e. The highest BCUT2D eigenvalue weighted by Gasteiger charge is 2.30. The second kappa shape index (κ2) is 35.4. The summed E-state index contributed by atoms with van der Waals surface area (Å²) in [7, 11) is 10.1. The van der Waals surface area contributed by atoms with Crippen molar-refractivity contribution in [2.75, 3.05) is 0 Å². The summed E-state index contributed by atoms with van der Waals surface area (Å²) < 4.78 is 113. The molecule has 12 heterocycles. The highest BCUT2D eigenvalue weighted by Crippen LogP contribution is 2.46. The van der Waals surface area contributed by atoms with Crippen LogP contribution in [0.1, 0.15) is 56.8 Å². The number of hydrogen-bond donors (Lipinski definition) is 0. The van der Waals surface area contributed by atoms with Gasteiger partial charge in [-0.05, 0) is 218 Å². The molecule has 12 nitrogen and oxygen atoms in total. The van der Waals surface area contributed by atoms with E-state index in [2.05, 4.69) is 337 Å². The first-order valence-electron chi connectivity index (χ1n) is 51.5. The number of hydrogen-bond acceptors (Lipinski definition) is 7. The molecule has 0 radical (unpaired) electrons. The topological polar surface area (TPSA) is 111 Å². The summed E-state index contributed by atoms with van der Waals surface area (Å²) in [6, 6.07) is 115. The Morgan fingerprint density at radius 1 is 0.229 bits per heavy atom. The molecule has 140 heavy (non-hydrogen) atoms. The monoisotopic (exact) mass is 1830 g/mol. The summed E-state index contributed by atoms with van der Waals surface area (Å²) in [6.07, 6.45) is 13.6. The van der Waals surface area contributed by atoms with Gasteiger partial charge in [-0.2, -0.15) is 4.57 Å². The van der Waals surface area contributed by atoms with Crippen LogP contribution in [-0.4, -0.2) is 9.97 Å². The van der Waals surface area contributed by atoms with Crippen molar-refractivity contribution in [1.29, 1.82) is 0 Å². The Kier molecular flexibility index (Phi) is 19.4. The molecule has 0 amide bonds. The maximum absolute atomic E-state index is 8.20. The smallest absolute Gasteiger partial charge is 0.224 e. The maximum atomic E-state index is 8.20. The number of aromatic nitrogens is 7. The number of pyridine rings is 7. The second-order valence-corrected chi connectivity index (χ2v) is 36.6. The summed E-state index contributed by atoms with van der Waals surface area (Å²) in [5.74, 6) is 0. The third-order valence-corrected chi connectivity index (χ3v) is 27.5. The number of nitrogens with zero attached hydrogens (tertiary/aromatic N) is 7. The van der Waals surface area contributed by atoms with Gasteiger partial charge < -0.3 is 22.1 Å². The van der Waals surface area contributed by atoms with Gasteiger partial charge >= 0.3 is 0 Å². The zero-order valence-electron chi connectivity index (χ0n) is 88.0. The van der Waals surface area contributed by atoms with Crippen molar-refractivity contribution in [3.8, 4) is 78.5 Å². The lowest BCUT2D eigenvalue weighted by molar-refractivity contribution is -0.659. The van der Waals surface area contributed by atoms with Crippen LogP contribution in [0.15, 0.2) is 405 Å². The van der Waals surface area contributed by atoms with E-state index >= 15 is 0 Å². The van der Waals surface area contributed by atoms with Crippen molar-refractivity contribution in [2.45, 2.75) is 55.2 Å². The molecular weight excluding hydrogens is 1720 g/mol. The van der Waals surface area contributed by atoms with Crippen LogP contribution in [0.4, 0.5) is 0 Å². The number of aryl methyl sites for hydroxylation is 13. The van der Waals surface area contributed by atoms with E-state index in [4.69, 9.17) is 34.4 Å². The minimum Gasteiger partial charge on any atom is -0.455 e. The lowest BCUT2D eigenvalue weighted by Gasteiger charge is -2.08. The van der Waals surface area contributed by atoms with Crippen LogP contribution < -0.4 is 22.8 Å². The number of furan rings is 5. The van der Waals surface area contributed by atoms with E-state index in [-0.39, 0.29) is 11.1 Å². The van der Waals surface area contributed by atoms with E-state index < -0.39 is 20.6 Å². The molecule has 0 fully saturated rings. The summed E-state index contributed by atoms with van der Waals surface area (Å²) in [5.41, 5.74) is 31.3. The minimum absolute atomic E-state index is 0.130. The van der Waals surface area contributed by atoms with Crippen molar-refractivity contribution in [1.82, 2.24) is 9.97 Å². The fourth-order valence-electron chi connectivity index (χ4n) is 20.5. The van der Waals surface area contributed by atoms with Gasteiger partial charge in [-0.1, -0.05) is 236 Å². The van der Waals surface area contributed by atoms with Crippen molar-refractivity contribution >= 4 is 164 Å². The molecule has 0 aliphatic carbocycles. The molecule has 0 aliphatic rings. The third-order valence-electron chi connectivity index (χ3n) is 27.5. The Labute approximate surface area is 822 Å². The van der Waals surface area contributed by atoms with E-state index in [0.717, 1.165) is 182 Å². The Morgan fingerprint density at radius 2 is 0.650 bits per heavy atom. The van der Waals surface area contributed by atoms with Crippen LogP contribution in [0.3, 0.4) is 0 Å². The van der Waals surface area contributed by atoms with E-state index in [1.807, 2.05) is 101 Å². The normalized spacial score (nSPS) is 12.8. The molecule has 27 rings (SSSR count). The van der Waals surface area contributed by atoms with Gasteiger partial charge in [0.1, 0.15) is 102 Å². The SMILES string of the molecule is Cc1ccccc1-c1c2c(cc[n+]1C)oc1c3cc(-c4ccccc4)ccc3ccc12.Cc1ccccc1-c1cc2oc3c(ccc4cccnc43)c2c[n+]1C.Cc1ccccc1-c1cc2oc3c4ccccc4ccc3c2c[n+]1C.[2H]C([2H])([2H])c1ccc(-c2c3c(cc[n+]2C)oc2c3ccc3cccnc32)c(C)c1.[2H]C([2H])([2H])c1ccc(-c2c3c(oc4cc5ccc(-c6ccccc6)cc5cc43)c(C([2H])([2H])[2H])c[n+]2C)c(C)c1. The number of benzene rings is 15. The quantitative estimate of drug-likeness (QED) is 0.146. The minimum atomic E-state index is -2.39. The van der Waals surface area contributed by atoms with Gasteiger partial charge in [0.15, 0.2) is 47.7 Å². The summed E-state index contributed by atoms with van der Waals surface area (Å²) in [5, 5.41) is 19.2. The standard InChI is InChI=1S/C31H26NO.C29H22NO.C23H19N2O.C23H18NO.C22H17N2O/c1-19-10-13-26(20(2)14-19)30-29-27-16-25-15-23(22-8-6-5-7-9-22)11-12-24(25)17-28(27)33-31(29)21(3)18-32(30)4;1-19-8-6-7-11-23(19)28-27-24-15-14-21-12-13-22(20-9-4-3-5-10-20)18-25(21)29(24)31-26(27)16-17-30(28)2;1-14-6-8-17(15(2)13-14)22-20-18-9-7-16-5-4-11-24-21(16)23(18)26-19(20)10-12-25(22)3;1-15-7-3-5-9-17(15)21-13-22-20(14-24(21)2)19-12-11-16-8-4-6-10-18(16)23(19)25-22;1-14-6-3-4-8-16(14)19-12-20-18(13-24(19)2)17-10-9-15-7-5-11-23-21(15)22(17)25-20/h5-18H,1-4H3;3-18H,1-2H3;4-13H,1-3H3;3-14H,1-2H3;3-13H,1-2H3/q5*+1/i1D3,3D3;;1D3;;. The predicted molar refractivity (Wildman–Crippen MR) is 574 cm³/mol. The van der Waals surface area contributed by atoms with Crippen LogP contribution in [0.25, 0.3) is 242 Å². The van der Waals surface area contributed by atoms with Crippen LogP contribution in [0, 0.1) is 55.2 Å². The molecule has 674 valence electrons. The Morgan fingerprint density at radius 3 is 1.21 bits per heavy atom. The van der Waals surface area contributed by atoms with Gasteiger partial charge in [-0.25, -0.2) is 18.3 Å². The molecule has 0 unspecified atom stereocenters. The first-order chi connectivity index (χ1) is 71.9. The molecule has 12 aromatic heterocycles. The van der Waals surface area contributed by atoms with Crippen LogP contribution >= 0.6 is 0 Å². The summed E-state index contributed by atoms with van der Waals surface area (Å²) >= 11 is 0. The van der Waals surface area contributed by atoms with Gasteiger partial charge in [0.2, 0.25) is 28.5 Å². The van der Waals surface area contributed by atoms with Crippen molar-refractivity contribution in [3.05, 3.63) is 428 Å². The van der Waals surface area contributed by atoms with Gasteiger partial charge in [0, 0.05) is 113 Å². The van der Waals surface area contributed by atoms with Gasteiger partial charge in [0.05, 0.1) is 28.5 Å². The first kappa shape index (κ1) is 76.9.